The molecule has 5 nitrogen and oxygen atoms in total. The van der Waals surface area contributed by atoms with Gasteiger partial charge in [-0.05, 0) is 40.9 Å². The zero-order chi connectivity index (χ0) is 12.8. The van der Waals surface area contributed by atoms with Crippen molar-refractivity contribution < 1.29 is 9.90 Å². The van der Waals surface area contributed by atoms with Crippen molar-refractivity contribution in [3.63, 3.8) is 0 Å². The highest BCUT2D eigenvalue weighted by Gasteiger charge is 2.61. The van der Waals surface area contributed by atoms with Crippen LogP contribution in [-0.2, 0) is 4.79 Å². The first-order chi connectivity index (χ1) is 8.63. The van der Waals surface area contributed by atoms with Crippen LogP contribution in [0, 0.1) is 5.41 Å². The van der Waals surface area contributed by atoms with Crippen LogP contribution in [0.15, 0.2) is 22.8 Å². The second-order valence-corrected chi connectivity index (χ2v) is 5.85. The fraction of sp³-hybridized carbons (Fsp3) is 0.500. The Morgan fingerprint density at radius 2 is 2.44 bits per heavy atom. The molecule has 1 saturated carbocycles. The smallest absolute Gasteiger partial charge is 0.242 e. The van der Waals surface area contributed by atoms with Gasteiger partial charge in [-0.25, -0.2) is 4.98 Å². The van der Waals surface area contributed by atoms with Crippen molar-refractivity contribution in [2.75, 3.05) is 11.9 Å². The number of anilines is 1. The summed E-state index contributed by atoms with van der Waals surface area (Å²) in [7, 11) is 0. The molecule has 2 aliphatic rings. The van der Waals surface area contributed by atoms with Gasteiger partial charge in [0.25, 0.3) is 0 Å². The number of halogens is 1. The Kier molecular flexibility index (Phi) is 2.88. The van der Waals surface area contributed by atoms with Crippen LogP contribution in [0.4, 0.5) is 5.82 Å². The monoisotopic (exact) mass is 311 g/mol. The molecule has 6 heteroatoms. The Hall–Kier alpha value is -0.980. The summed E-state index contributed by atoms with van der Waals surface area (Å²) in [5.74, 6) is 0.454. The van der Waals surface area contributed by atoms with Crippen LogP contribution < -0.4 is 10.6 Å². The van der Waals surface area contributed by atoms with Gasteiger partial charge < -0.3 is 15.7 Å². The molecule has 2 heterocycles. The van der Waals surface area contributed by atoms with Gasteiger partial charge in [0.15, 0.2) is 0 Å². The summed E-state index contributed by atoms with van der Waals surface area (Å²) in [6.07, 6.45) is 1.68. The van der Waals surface area contributed by atoms with E-state index in [1.54, 1.807) is 12.1 Å². The third kappa shape index (κ3) is 2.04. The lowest BCUT2D eigenvalue weighted by atomic mass is 10.0. The lowest BCUT2D eigenvalue weighted by Gasteiger charge is -2.14. The number of nitrogens with zero attached hydrogens (tertiary/aromatic N) is 1. The maximum atomic E-state index is 12.0. The van der Waals surface area contributed by atoms with E-state index in [2.05, 4.69) is 31.5 Å². The van der Waals surface area contributed by atoms with E-state index in [-0.39, 0.29) is 24.0 Å². The molecule has 1 saturated heterocycles. The third-order valence-electron chi connectivity index (χ3n) is 3.80. The number of amides is 1. The molecule has 3 rings (SSSR count). The first-order valence-corrected chi connectivity index (χ1v) is 6.73. The van der Waals surface area contributed by atoms with Crippen LogP contribution in [0.5, 0.6) is 0 Å². The molecule has 0 aromatic carbocycles. The molecule has 18 heavy (non-hydrogen) atoms. The molecular formula is C12H14BrN3O2. The van der Waals surface area contributed by atoms with Crippen molar-refractivity contribution in [3.8, 4) is 0 Å². The highest BCUT2D eigenvalue weighted by molar-refractivity contribution is 9.10. The van der Waals surface area contributed by atoms with E-state index in [0.717, 1.165) is 6.42 Å². The van der Waals surface area contributed by atoms with Crippen molar-refractivity contribution >= 4 is 27.7 Å². The second kappa shape index (κ2) is 4.29. The number of fused-ring (bicyclic) bond motifs is 1. The van der Waals surface area contributed by atoms with Crippen LogP contribution in [0.25, 0.3) is 0 Å². The van der Waals surface area contributed by atoms with Crippen molar-refractivity contribution in [1.82, 2.24) is 10.3 Å². The van der Waals surface area contributed by atoms with E-state index in [9.17, 15) is 9.90 Å². The van der Waals surface area contributed by atoms with Crippen LogP contribution in [-0.4, -0.2) is 34.7 Å². The minimum absolute atomic E-state index is 0.0489. The molecule has 3 atom stereocenters. The fourth-order valence-electron chi connectivity index (χ4n) is 2.62. The standard InChI is InChI=1S/C12H14BrN3O2/c13-9-2-1-3-10(15-9)16-11(18)7-4-12(6-17)5-8(12)14-7/h1-3,7-8,14,17H,4-6H2,(H,15,16,18)/t7-,8?,12?/m0/s1. The number of aliphatic hydroxyl groups excluding tert-OH is 1. The first kappa shape index (κ1) is 12.1. The maximum absolute atomic E-state index is 12.0. The van der Waals surface area contributed by atoms with Crippen molar-refractivity contribution in [3.05, 3.63) is 22.8 Å². The molecule has 0 radical (unpaired) electrons. The Balaban J connectivity index is 1.63. The van der Waals surface area contributed by atoms with Gasteiger partial charge in [0.2, 0.25) is 5.91 Å². The number of rotatable bonds is 3. The lowest BCUT2D eigenvalue weighted by Crippen LogP contribution is -2.38. The summed E-state index contributed by atoms with van der Waals surface area (Å²) in [4.78, 5) is 16.2. The van der Waals surface area contributed by atoms with Gasteiger partial charge in [0, 0.05) is 11.5 Å². The molecule has 1 aromatic rings. The molecule has 1 aliphatic carbocycles. The Bertz CT molecular complexity index is 492. The lowest BCUT2D eigenvalue weighted by molar-refractivity contribution is -0.118. The van der Waals surface area contributed by atoms with Gasteiger partial charge in [-0.15, -0.1) is 0 Å². The number of aromatic nitrogens is 1. The van der Waals surface area contributed by atoms with Gasteiger partial charge in [0.1, 0.15) is 10.4 Å². The zero-order valence-electron chi connectivity index (χ0n) is 9.69. The topological polar surface area (TPSA) is 74.2 Å². The highest BCUT2D eigenvalue weighted by atomic mass is 79.9. The highest BCUT2D eigenvalue weighted by Crippen LogP contribution is 2.54. The van der Waals surface area contributed by atoms with Crippen molar-refractivity contribution in [2.45, 2.75) is 24.9 Å². The molecule has 96 valence electrons. The zero-order valence-corrected chi connectivity index (χ0v) is 11.3. The summed E-state index contributed by atoms with van der Waals surface area (Å²) in [6.45, 7) is 0.156. The van der Waals surface area contributed by atoms with Crippen LogP contribution in [0.3, 0.4) is 0 Å². The average molecular weight is 312 g/mol. The molecule has 2 unspecified atom stereocenters. The van der Waals surface area contributed by atoms with Gasteiger partial charge in [0.05, 0.1) is 12.6 Å². The number of carbonyl (C=O) groups excluding carboxylic acids is 1. The van der Waals surface area contributed by atoms with E-state index >= 15 is 0 Å². The Morgan fingerprint density at radius 3 is 3.11 bits per heavy atom. The predicted molar refractivity (Wildman–Crippen MR) is 70.0 cm³/mol. The van der Waals surface area contributed by atoms with E-state index in [1.807, 2.05) is 6.07 Å². The quantitative estimate of drug-likeness (QED) is 0.725. The largest absolute Gasteiger partial charge is 0.396 e. The molecule has 1 aromatic heterocycles. The second-order valence-electron chi connectivity index (χ2n) is 5.04. The number of aliphatic hydroxyl groups is 1. The maximum Gasteiger partial charge on any atom is 0.242 e. The SMILES string of the molecule is O=C(Nc1cccc(Br)n1)[C@@H]1CC2(CO)CC2N1. The Morgan fingerprint density at radius 1 is 1.61 bits per heavy atom. The van der Waals surface area contributed by atoms with Gasteiger partial charge >= 0.3 is 0 Å². The molecule has 0 bridgehead atoms. The Labute approximate surface area is 113 Å². The number of nitrogens with one attached hydrogen (secondary N) is 2. The van der Waals surface area contributed by atoms with E-state index in [4.69, 9.17) is 0 Å². The van der Waals surface area contributed by atoms with Crippen LogP contribution in [0.2, 0.25) is 0 Å². The minimum atomic E-state index is -0.225. The number of pyridine rings is 1. The van der Waals surface area contributed by atoms with Crippen molar-refractivity contribution in [1.29, 1.82) is 0 Å². The number of hydrogen-bond donors (Lipinski definition) is 3. The van der Waals surface area contributed by atoms with Crippen LogP contribution >= 0.6 is 15.9 Å². The molecule has 1 amide bonds. The van der Waals surface area contributed by atoms with Crippen molar-refractivity contribution in [2.24, 2.45) is 5.41 Å². The summed E-state index contributed by atoms with van der Waals surface area (Å²) in [6, 6.07) is 5.45. The predicted octanol–water partition coefficient (Wildman–Crippen LogP) is 0.895. The normalized spacial score (nSPS) is 33.0. The summed E-state index contributed by atoms with van der Waals surface area (Å²) in [5.41, 5.74) is -0.0489. The first-order valence-electron chi connectivity index (χ1n) is 5.93. The molecule has 3 N–H and O–H groups in total. The van der Waals surface area contributed by atoms with E-state index in [0.29, 0.717) is 22.9 Å². The summed E-state index contributed by atoms with van der Waals surface area (Å²) in [5, 5.41) is 15.3. The average Bonchev–Trinajstić information content (AvgIpc) is 2.91. The van der Waals surface area contributed by atoms with Crippen LogP contribution in [0.1, 0.15) is 12.8 Å². The molecule has 1 aliphatic heterocycles. The summed E-state index contributed by atoms with van der Waals surface area (Å²) >= 11 is 3.26. The molecular weight excluding hydrogens is 298 g/mol. The summed E-state index contributed by atoms with van der Waals surface area (Å²) < 4.78 is 0.689. The van der Waals surface area contributed by atoms with Gasteiger partial charge in [-0.2, -0.15) is 0 Å². The number of carbonyl (C=O) groups is 1. The minimum Gasteiger partial charge on any atom is -0.396 e. The van der Waals surface area contributed by atoms with Gasteiger partial charge in [-0.1, -0.05) is 6.07 Å². The fourth-order valence-corrected chi connectivity index (χ4v) is 2.96. The number of piperidine rings is 1. The molecule has 0 spiro atoms. The van der Waals surface area contributed by atoms with E-state index < -0.39 is 0 Å². The van der Waals surface area contributed by atoms with Gasteiger partial charge in [-0.3, -0.25) is 4.79 Å². The number of hydrogen-bond acceptors (Lipinski definition) is 4. The molecule has 2 fully saturated rings. The third-order valence-corrected chi connectivity index (χ3v) is 4.24. The van der Waals surface area contributed by atoms with E-state index in [1.165, 1.54) is 0 Å².